The Bertz CT molecular complexity index is 172. The molecule has 1 fully saturated rings. The van der Waals surface area contributed by atoms with E-state index in [4.69, 9.17) is 4.18 Å². The van der Waals surface area contributed by atoms with E-state index < -0.39 is 11.1 Å². The van der Waals surface area contributed by atoms with Gasteiger partial charge in [0.1, 0.15) is 5.60 Å². The Morgan fingerprint density at radius 2 is 2.33 bits per heavy atom. The molecule has 0 aromatic carbocycles. The fourth-order valence-corrected chi connectivity index (χ4v) is 1.91. The van der Waals surface area contributed by atoms with Gasteiger partial charge in [-0.1, -0.05) is 6.58 Å². The van der Waals surface area contributed by atoms with Crippen LogP contribution in [0.4, 0.5) is 0 Å². The molecule has 0 radical (unpaired) electrons. The van der Waals surface area contributed by atoms with Crippen molar-refractivity contribution in [3.63, 3.8) is 0 Å². The van der Waals surface area contributed by atoms with Crippen molar-refractivity contribution in [1.29, 1.82) is 0 Å². The largest absolute Gasteiger partial charge is 0.280 e. The van der Waals surface area contributed by atoms with E-state index >= 15 is 0 Å². The number of rotatable bonds is 0. The van der Waals surface area contributed by atoms with E-state index in [2.05, 4.69) is 6.58 Å². The second kappa shape index (κ2) is 1.92. The second-order valence-electron chi connectivity index (χ2n) is 2.65. The minimum absolute atomic E-state index is 0.370. The average Bonchev–Trinajstić information content (AvgIpc) is 1.79. The molecule has 1 unspecified atom stereocenters. The molecule has 9 heavy (non-hydrogen) atoms. The molecule has 0 bridgehead atoms. The minimum Gasteiger partial charge on any atom is -0.280 e. The van der Waals surface area contributed by atoms with Gasteiger partial charge in [0.05, 0.1) is 5.75 Å². The van der Waals surface area contributed by atoms with E-state index in [1.165, 1.54) is 0 Å². The zero-order valence-electron chi connectivity index (χ0n) is 5.64. The first-order valence-corrected chi connectivity index (χ1v) is 4.03. The van der Waals surface area contributed by atoms with Crippen LogP contribution in [0.5, 0.6) is 0 Å². The lowest BCUT2D eigenvalue weighted by atomic mass is 10.0. The first-order valence-electron chi connectivity index (χ1n) is 2.78. The summed E-state index contributed by atoms with van der Waals surface area (Å²) in [4.78, 5) is 0. The molecule has 1 aliphatic rings. The van der Waals surface area contributed by atoms with Crippen molar-refractivity contribution < 1.29 is 8.39 Å². The lowest BCUT2D eigenvalue weighted by Gasteiger charge is -2.14. The van der Waals surface area contributed by atoms with Gasteiger partial charge in [-0.15, -0.1) is 0 Å². The molecule has 0 spiro atoms. The first-order chi connectivity index (χ1) is 4.02. The maximum Gasteiger partial charge on any atom is 0.160 e. The Morgan fingerprint density at radius 3 is 2.44 bits per heavy atom. The maximum absolute atomic E-state index is 10.7. The van der Waals surface area contributed by atoms with Crippen molar-refractivity contribution in [2.75, 3.05) is 5.75 Å². The Hall–Kier alpha value is -0.150. The summed E-state index contributed by atoms with van der Waals surface area (Å²) in [6.07, 6.45) is 0. The molecule has 0 saturated carbocycles. The fourth-order valence-electron chi connectivity index (χ4n) is 0.637. The number of hydrogen-bond donors (Lipinski definition) is 0. The van der Waals surface area contributed by atoms with Crippen LogP contribution in [0.2, 0.25) is 0 Å². The third kappa shape index (κ3) is 1.22. The summed E-state index contributed by atoms with van der Waals surface area (Å²) >= 11 is -1.12. The van der Waals surface area contributed by atoms with Crippen LogP contribution in [0.25, 0.3) is 0 Å². The van der Waals surface area contributed by atoms with Gasteiger partial charge in [-0.3, -0.25) is 4.18 Å². The highest BCUT2D eigenvalue weighted by molar-refractivity contribution is 7.80. The Balaban J connectivity index is 2.81. The summed E-state index contributed by atoms with van der Waals surface area (Å²) in [6, 6.07) is 0. The summed E-state index contributed by atoms with van der Waals surface area (Å²) in [5.74, 6) is 0.493. The molecular formula is C6H10O2S. The molecule has 3 heteroatoms. The lowest BCUT2D eigenvalue weighted by Crippen LogP contribution is -2.18. The topological polar surface area (TPSA) is 26.3 Å². The van der Waals surface area contributed by atoms with Crippen LogP contribution in [0.3, 0.4) is 0 Å². The van der Waals surface area contributed by atoms with E-state index in [1.54, 1.807) is 0 Å². The van der Waals surface area contributed by atoms with E-state index in [1.807, 2.05) is 13.8 Å². The molecule has 0 aliphatic carbocycles. The Morgan fingerprint density at radius 1 is 1.78 bits per heavy atom. The van der Waals surface area contributed by atoms with Crippen LogP contribution in [-0.4, -0.2) is 15.6 Å². The minimum atomic E-state index is -1.12. The molecule has 0 amide bonds. The van der Waals surface area contributed by atoms with Crippen molar-refractivity contribution in [1.82, 2.24) is 0 Å². The molecule has 1 atom stereocenters. The zero-order valence-corrected chi connectivity index (χ0v) is 6.46. The average molecular weight is 146 g/mol. The predicted molar refractivity (Wildman–Crippen MR) is 37.3 cm³/mol. The van der Waals surface area contributed by atoms with Crippen molar-refractivity contribution in [2.45, 2.75) is 19.4 Å². The van der Waals surface area contributed by atoms with Crippen LogP contribution in [0, 0.1) is 0 Å². The van der Waals surface area contributed by atoms with Crippen LogP contribution in [0.1, 0.15) is 13.8 Å². The summed E-state index contributed by atoms with van der Waals surface area (Å²) in [6.45, 7) is 7.49. The standard InChI is InChI=1S/C6H10O2S/c1-5-4-9(7)8-6(5,2)3/h1,4H2,2-3H3. The van der Waals surface area contributed by atoms with Gasteiger partial charge < -0.3 is 0 Å². The molecule has 1 saturated heterocycles. The molecule has 0 N–H and O–H groups in total. The van der Waals surface area contributed by atoms with E-state index in [-0.39, 0.29) is 5.60 Å². The summed E-state index contributed by atoms with van der Waals surface area (Å²) in [7, 11) is 0. The van der Waals surface area contributed by atoms with Crippen LogP contribution >= 0.6 is 0 Å². The summed E-state index contributed by atoms with van der Waals surface area (Å²) < 4.78 is 15.7. The molecule has 2 nitrogen and oxygen atoms in total. The third-order valence-corrected chi connectivity index (χ3v) is 2.63. The molecule has 0 aromatic rings. The molecule has 1 aliphatic heterocycles. The Kier molecular flexibility index (Phi) is 1.49. The van der Waals surface area contributed by atoms with Crippen LogP contribution in [0.15, 0.2) is 12.2 Å². The lowest BCUT2D eigenvalue weighted by molar-refractivity contribution is 0.191. The van der Waals surface area contributed by atoms with Gasteiger partial charge >= 0.3 is 0 Å². The number of hydrogen-bond acceptors (Lipinski definition) is 2. The van der Waals surface area contributed by atoms with Crippen LogP contribution in [-0.2, 0) is 15.3 Å². The molecule has 0 aromatic heterocycles. The van der Waals surface area contributed by atoms with Crippen LogP contribution < -0.4 is 0 Å². The molecule has 52 valence electrons. The monoisotopic (exact) mass is 146 g/mol. The van der Waals surface area contributed by atoms with Gasteiger partial charge in [0.15, 0.2) is 11.1 Å². The molecule has 1 rings (SSSR count). The molecule has 1 heterocycles. The van der Waals surface area contributed by atoms with Gasteiger partial charge in [0.2, 0.25) is 0 Å². The van der Waals surface area contributed by atoms with Gasteiger partial charge in [-0.05, 0) is 19.4 Å². The first kappa shape index (κ1) is 6.96. The third-order valence-electron chi connectivity index (χ3n) is 1.44. The summed E-state index contributed by atoms with van der Waals surface area (Å²) in [5.41, 5.74) is 0.547. The quantitative estimate of drug-likeness (QED) is 0.477. The second-order valence-corrected chi connectivity index (χ2v) is 3.71. The van der Waals surface area contributed by atoms with Crippen molar-refractivity contribution in [3.8, 4) is 0 Å². The summed E-state index contributed by atoms with van der Waals surface area (Å²) in [5, 5.41) is 0. The van der Waals surface area contributed by atoms with Crippen molar-refractivity contribution in [3.05, 3.63) is 12.2 Å². The highest BCUT2D eigenvalue weighted by Gasteiger charge is 2.33. The van der Waals surface area contributed by atoms with E-state index in [0.29, 0.717) is 5.75 Å². The molecular weight excluding hydrogens is 136 g/mol. The SMILES string of the molecule is C=C1CS(=O)OC1(C)C. The normalized spacial score (nSPS) is 33.1. The Labute approximate surface area is 57.6 Å². The smallest absolute Gasteiger partial charge is 0.160 e. The predicted octanol–water partition coefficient (Wildman–Crippen LogP) is 1.02. The van der Waals surface area contributed by atoms with Gasteiger partial charge in [-0.2, -0.15) is 0 Å². The van der Waals surface area contributed by atoms with E-state index in [9.17, 15) is 4.21 Å². The highest BCUT2D eigenvalue weighted by atomic mass is 32.2. The van der Waals surface area contributed by atoms with Gasteiger partial charge in [0.25, 0.3) is 0 Å². The maximum atomic E-state index is 10.7. The van der Waals surface area contributed by atoms with Crippen molar-refractivity contribution in [2.24, 2.45) is 0 Å². The van der Waals surface area contributed by atoms with E-state index in [0.717, 1.165) is 5.57 Å². The fraction of sp³-hybridized carbons (Fsp3) is 0.667. The van der Waals surface area contributed by atoms with Gasteiger partial charge in [-0.25, -0.2) is 4.21 Å². The van der Waals surface area contributed by atoms with Crippen molar-refractivity contribution >= 4 is 11.1 Å². The highest BCUT2D eigenvalue weighted by Crippen LogP contribution is 2.28. The zero-order chi connectivity index (χ0) is 7.07. The van der Waals surface area contributed by atoms with Gasteiger partial charge in [0, 0.05) is 0 Å².